The minimum atomic E-state index is -3.41. The summed E-state index contributed by atoms with van der Waals surface area (Å²) in [6.07, 6.45) is 0. The predicted molar refractivity (Wildman–Crippen MR) is 46.3 cm³/mol. The highest BCUT2D eigenvalue weighted by atomic mass is 32.2. The zero-order chi connectivity index (χ0) is 10.3. The molecule has 1 amide bonds. The molecule has 0 fully saturated rings. The maximum absolute atomic E-state index is 11.0. The molecule has 0 unspecified atom stereocenters. The number of sulfone groups is 1. The molecule has 0 rings (SSSR count). The zero-order valence-electron chi connectivity index (χ0n) is 6.99. The Hall–Kier alpha value is -1.13. The van der Waals surface area contributed by atoms with E-state index in [9.17, 15) is 13.2 Å². The third kappa shape index (κ3) is 6.07. The molecule has 0 bridgehead atoms. The van der Waals surface area contributed by atoms with Crippen molar-refractivity contribution in [3.63, 3.8) is 0 Å². The van der Waals surface area contributed by atoms with Gasteiger partial charge < -0.3 is 11.1 Å². The van der Waals surface area contributed by atoms with Crippen LogP contribution in [0.1, 0.15) is 0 Å². The van der Waals surface area contributed by atoms with Crippen molar-refractivity contribution in [1.29, 1.82) is 5.26 Å². The summed E-state index contributed by atoms with van der Waals surface area (Å²) in [6, 6.07) is 1.66. The molecule has 0 heterocycles. The number of nitrogens with one attached hydrogen (secondary N) is 1. The lowest BCUT2D eigenvalue weighted by molar-refractivity contribution is -0.118. The Morgan fingerprint density at radius 3 is 2.62 bits per heavy atom. The normalized spacial score (nSPS) is 10.5. The smallest absolute Gasteiger partial charge is 0.236 e. The maximum atomic E-state index is 11.0. The molecule has 0 aromatic heterocycles. The van der Waals surface area contributed by atoms with Gasteiger partial charge in [0.15, 0.2) is 9.84 Å². The van der Waals surface area contributed by atoms with Crippen molar-refractivity contribution in [3.8, 4) is 6.07 Å². The molecule has 7 heteroatoms. The predicted octanol–water partition coefficient (Wildman–Crippen LogP) is -2.00. The van der Waals surface area contributed by atoms with Crippen LogP contribution in [0.5, 0.6) is 0 Å². The van der Waals surface area contributed by atoms with E-state index in [1.165, 1.54) is 0 Å². The average Bonchev–Trinajstić information content (AvgIpc) is 1.99. The lowest BCUT2D eigenvalue weighted by atomic mass is 10.6. The minimum absolute atomic E-state index is 0.00609. The molecule has 0 aliphatic rings. The van der Waals surface area contributed by atoms with E-state index < -0.39 is 21.5 Å². The number of carbonyl (C=O) groups is 1. The molecule has 0 aromatic carbocycles. The molecule has 74 valence electrons. The van der Waals surface area contributed by atoms with Crippen LogP contribution < -0.4 is 11.1 Å². The lowest BCUT2D eigenvalue weighted by Crippen LogP contribution is -2.32. The van der Waals surface area contributed by atoms with Crippen LogP contribution in [0.2, 0.25) is 0 Å². The summed E-state index contributed by atoms with van der Waals surface area (Å²) in [5, 5.41) is 10.2. The van der Waals surface area contributed by atoms with Crippen molar-refractivity contribution >= 4 is 15.7 Å². The first-order valence-electron chi connectivity index (χ1n) is 3.56. The third-order valence-electron chi connectivity index (χ3n) is 1.14. The Bertz CT molecular complexity index is 304. The molecule has 0 atom stereocenters. The van der Waals surface area contributed by atoms with Crippen LogP contribution in [0.3, 0.4) is 0 Å². The van der Waals surface area contributed by atoms with Gasteiger partial charge in [-0.3, -0.25) is 4.79 Å². The fourth-order valence-electron chi connectivity index (χ4n) is 0.641. The molecule has 0 aliphatic carbocycles. The molecule has 13 heavy (non-hydrogen) atoms. The van der Waals surface area contributed by atoms with Crippen LogP contribution in [0.15, 0.2) is 0 Å². The molecule has 0 aliphatic heterocycles. The molecule has 0 aromatic rings. The Morgan fingerprint density at radius 1 is 1.54 bits per heavy atom. The second kappa shape index (κ2) is 5.50. The number of nitrogens with zero attached hydrogens (tertiary/aromatic N) is 1. The largest absolute Gasteiger partial charge is 0.342 e. The molecule has 0 radical (unpaired) electrons. The van der Waals surface area contributed by atoms with Crippen molar-refractivity contribution in [3.05, 3.63) is 0 Å². The third-order valence-corrected chi connectivity index (χ3v) is 2.70. The van der Waals surface area contributed by atoms with Crippen LogP contribution in [0.25, 0.3) is 0 Å². The summed E-state index contributed by atoms with van der Waals surface area (Å²) in [6.45, 7) is -0.190. The van der Waals surface area contributed by atoms with Crippen molar-refractivity contribution in [2.45, 2.75) is 0 Å². The number of hydrogen-bond donors (Lipinski definition) is 2. The first-order chi connectivity index (χ1) is 6.02. The SMILES string of the molecule is N#CCNC(=O)CS(=O)(=O)CCN. The van der Waals surface area contributed by atoms with Gasteiger partial charge in [0.1, 0.15) is 12.3 Å². The molecule has 0 spiro atoms. The fraction of sp³-hybridized carbons (Fsp3) is 0.667. The van der Waals surface area contributed by atoms with E-state index in [4.69, 9.17) is 11.0 Å². The number of nitriles is 1. The summed E-state index contributed by atoms with van der Waals surface area (Å²) in [4.78, 5) is 10.8. The Labute approximate surface area is 76.6 Å². The molecular formula is C6H11N3O3S. The summed E-state index contributed by atoms with van der Waals surface area (Å²) in [5.74, 6) is -1.49. The fourth-order valence-corrected chi connectivity index (χ4v) is 1.65. The molecule has 6 nitrogen and oxygen atoms in total. The van der Waals surface area contributed by atoms with E-state index in [0.29, 0.717) is 0 Å². The molecular weight excluding hydrogens is 194 g/mol. The monoisotopic (exact) mass is 205 g/mol. The van der Waals surface area contributed by atoms with Crippen LogP contribution >= 0.6 is 0 Å². The molecule has 0 saturated carbocycles. The van der Waals surface area contributed by atoms with Crippen LogP contribution in [-0.2, 0) is 14.6 Å². The Morgan fingerprint density at radius 2 is 2.15 bits per heavy atom. The first-order valence-corrected chi connectivity index (χ1v) is 5.38. The van der Waals surface area contributed by atoms with Crippen molar-refractivity contribution in [2.24, 2.45) is 5.73 Å². The van der Waals surface area contributed by atoms with Gasteiger partial charge in [-0.05, 0) is 0 Å². The Kier molecular flexibility index (Phi) is 5.03. The minimum Gasteiger partial charge on any atom is -0.342 e. The zero-order valence-corrected chi connectivity index (χ0v) is 7.80. The highest BCUT2D eigenvalue weighted by Gasteiger charge is 2.14. The van der Waals surface area contributed by atoms with E-state index in [1.807, 2.05) is 0 Å². The van der Waals surface area contributed by atoms with E-state index in [0.717, 1.165) is 0 Å². The number of amides is 1. The van der Waals surface area contributed by atoms with Gasteiger partial charge >= 0.3 is 0 Å². The number of carbonyl (C=O) groups excluding carboxylic acids is 1. The second-order valence-electron chi connectivity index (χ2n) is 2.32. The van der Waals surface area contributed by atoms with Crippen molar-refractivity contribution in [1.82, 2.24) is 5.32 Å². The number of hydrogen-bond acceptors (Lipinski definition) is 5. The van der Waals surface area contributed by atoms with Crippen LogP contribution in [0.4, 0.5) is 0 Å². The van der Waals surface area contributed by atoms with Crippen LogP contribution in [-0.4, -0.2) is 38.9 Å². The van der Waals surface area contributed by atoms with Gasteiger partial charge in [0.2, 0.25) is 5.91 Å². The molecule has 3 N–H and O–H groups in total. The van der Waals surface area contributed by atoms with Gasteiger partial charge in [-0.2, -0.15) is 5.26 Å². The summed E-state index contributed by atoms with van der Waals surface area (Å²) in [5.41, 5.74) is 5.03. The van der Waals surface area contributed by atoms with Gasteiger partial charge in [-0.25, -0.2) is 8.42 Å². The van der Waals surface area contributed by atoms with Crippen LogP contribution in [0, 0.1) is 11.3 Å². The maximum Gasteiger partial charge on any atom is 0.236 e. The van der Waals surface area contributed by atoms with E-state index in [2.05, 4.69) is 5.32 Å². The quantitative estimate of drug-likeness (QED) is 0.504. The first kappa shape index (κ1) is 11.9. The van der Waals surface area contributed by atoms with E-state index >= 15 is 0 Å². The summed E-state index contributed by atoms with van der Waals surface area (Å²) < 4.78 is 22.0. The number of rotatable bonds is 5. The Balaban J connectivity index is 3.99. The average molecular weight is 205 g/mol. The van der Waals surface area contributed by atoms with Gasteiger partial charge in [0.25, 0.3) is 0 Å². The van der Waals surface area contributed by atoms with Gasteiger partial charge in [-0.1, -0.05) is 0 Å². The lowest BCUT2D eigenvalue weighted by Gasteiger charge is -2.01. The summed E-state index contributed by atoms with van der Waals surface area (Å²) >= 11 is 0. The standard InChI is InChI=1S/C6H11N3O3S/c7-1-3-9-6(10)5-13(11,12)4-2-8/h2-5,8H2,(H,9,10). The highest BCUT2D eigenvalue weighted by molar-refractivity contribution is 7.92. The second-order valence-corrected chi connectivity index (χ2v) is 4.50. The topological polar surface area (TPSA) is 113 Å². The highest BCUT2D eigenvalue weighted by Crippen LogP contribution is 1.87. The van der Waals surface area contributed by atoms with E-state index in [-0.39, 0.29) is 18.8 Å². The van der Waals surface area contributed by atoms with Gasteiger partial charge in [0, 0.05) is 6.54 Å². The van der Waals surface area contributed by atoms with Crippen molar-refractivity contribution < 1.29 is 13.2 Å². The van der Waals surface area contributed by atoms with Gasteiger partial charge in [0.05, 0.1) is 11.8 Å². The summed E-state index contributed by atoms with van der Waals surface area (Å²) in [7, 11) is -3.41. The van der Waals surface area contributed by atoms with Gasteiger partial charge in [-0.15, -0.1) is 0 Å². The van der Waals surface area contributed by atoms with E-state index in [1.54, 1.807) is 6.07 Å². The number of nitrogens with two attached hydrogens (primary N) is 1. The van der Waals surface area contributed by atoms with Crippen molar-refractivity contribution in [2.75, 3.05) is 24.6 Å². The molecule has 0 saturated heterocycles.